The summed E-state index contributed by atoms with van der Waals surface area (Å²) in [5.74, 6) is -0.733. The molecule has 0 fully saturated rings. The molecule has 0 saturated carbocycles. The van der Waals surface area contributed by atoms with E-state index in [1.807, 2.05) is 6.92 Å². The number of aliphatic hydroxyl groups is 2. The van der Waals surface area contributed by atoms with Gasteiger partial charge in [-0.3, -0.25) is 0 Å². The molecular weight excluding hydrogens is 184 g/mol. The van der Waals surface area contributed by atoms with Gasteiger partial charge < -0.3 is 14.9 Å². The minimum atomic E-state index is -1.45. The molecule has 0 amide bonds. The molecule has 0 aromatic heterocycles. The Morgan fingerprint density at radius 2 is 1.86 bits per heavy atom. The Hall–Kier alpha value is -0.610. The van der Waals surface area contributed by atoms with Crippen LogP contribution in [0.2, 0.25) is 0 Å². The lowest BCUT2D eigenvalue weighted by Gasteiger charge is -2.24. The first-order valence-corrected chi connectivity index (χ1v) is 5.11. The van der Waals surface area contributed by atoms with E-state index in [1.54, 1.807) is 13.8 Å². The van der Waals surface area contributed by atoms with Crippen molar-refractivity contribution < 1.29 is 19.7 Å². The first-order chi connectivity index (χ1) is 6.50. The first kappa shape index (κ1) is 13.4. The van der Waals surface area contributed by atoms with Crippen molar-refractivity contribution in [2.75, 3.05) is 0 Å². The SMILES string of the molecule is CCC[C@H](O)OC(=O)C(O)(CC)CC. The summed E-state index contributed by atoms with van der Waals surface area (Å²) >= 11 is 0. The molecule has 4 nitrogen and oxygen atoms in total. The third-order valence-corrected chi connectivity index (χ3v) is 2.33. The lowest BCUT2D eigenvalue weighted by atomic mass is 9.98. The molecule has 0 aromatic rings. The lowest BCUT2D eigenvalue weighted by molar-refractivity contribution is -0.190. The molecule has 0 aliphatic carbocycles. The molecule has 84 valence electrons. The Bertz CT molecular complexity index is 175. The molecular formula is C10H20O4. The number of ether oxygens (including phenoxy) is 1. The summed E-state index contributed by atoms with van der Waals surface area (Å²) in [6.07, 6.45) is 0.611. The topological polar surface area (TPSA) is 66.8 Å². The van der Waals surface area contributed by atoms with E-state index in [9.17, 15) is 15.0 Å². The zero-order valence-corrected chi connectivity index (χ0v) is 9.12. The van der Waals surface area contributed by atoms with Crippen LogP contribution < -0.4 is 0 Å². The van der Waals surface area contributed by atoms with Gasteiger partial charge in [-0.1, -0.05) is 27.2 Å². The summed E-state index contributed by atoms with van der Waals surface area (Å²) in [4.78, 5) is 11.4. The highest BCUT2D eigenvalue weighted by molar-refractivity contribution is 5.79. The van der Waals surface area contributed by atoms with Crippen molar-refractivity contribution in [1.82, 2.24) is 0 Å². The van der Waals surface area contributed by atoms with Crippen LogP contribution in [0.4, 0.5) is 0 Å². The van der Waals surface area contributed by atoms with E-state index in [4.69, 9.17) is 4.74 Å². The lowest BCUT2D eigenvalue weighted by Crippen LogP contribution is -2.40. The number of hydrogen-bond donors (Lipinski definition) is 2. The Morgan fingerprint density at radius 3 is 2.21 bits per heavy atom. The van der Waals surface area contributed by atoms with Crippen LogP contribution in [0.1, 0.15) is 46.5 Å². The Balaban J connectivity index is 4.18. The van der Waals surface area contributed by atoms with E-state index in [0.29, 0.717) is 19.3 Å². The average Bonchev–Trinajstić information content (AvgIpc) is 2.16. The zero-order chi connectivity index (χ0) is 11.2. The highest BCUT2D eigenvalue weighted by Gasteiger charge is 2.34. The van der Waals surface area contributed by atoms with Gasteiger partial charge in [-0.25, -0.2) is 4.79 Å². The van der Waals surface area contributed by atoms with Gasteiger partial charge >= 0.3 is 5.97 Å². The fraction of sp³-hybridized carbons (Fsp3) is 0.900. The number of aliphatic hydroxyl groups excluding tert-OH is 1. The van der Waals surface area contributed by atoms with Gasteiger partial charge in [0.25, 0.3) is 0 Å². The van der Waals surface area contributed by atoms with Gasteiger partial charge in [0, 0.05) is 6.42 Å². The number of hydrogen-bond acceptors (Lipinski definition) is 4. The van der Waals surface area contributed by atoms with Crippen LogP contribution in [-0.4, -0.2) is 28.1 Å². The van der Waals surface area contributed by atoms with Crippen molar-refractivity contribution in [1.29, 1.82) is 0 Å². The minimum Gasteiger partial charge on any atom is -0.434 e. The molecule has 0 bridgehead atoms. The molecule has 2 N–H and O–H groups in total. The predicted octanol–water partition coefficient (Wildman–Crippen LogP) is 1.20. The third-order valence-electron chi connectivity index (χ3n) is 2.33. The first-order valence-electron chi connectivity index (χ1n) is 5.11. The summed E-state index contributed by atoms with van der Waals surface area (Å²) in [6.45, 7) is 5.29. The number of carbonyl (C=O) groups is 1. The summed E-state index contributed by atoms with van der Waals surface area (Å²) in [6, 6.07) is 0. The van der Waals surface area contributed by atoms with Gasteiger partial charge in [-0.2, -0.15) is 0 Å². The second kappa shape index (κ2) is 5.98. The Morgan fingerprint density at radius 1 is 1.36 bits per heavy atom. The van der Waals surface area contributed by atoms with Gasteiger partial charge in [-0.15, -0.1) is 0 Å². The van der Waals surface area contributed by atoms with Gasteiger partial charge in [-0.05, 0) is 12.8 Å². The van der Waals surface area contributed by atoms with E-state index in [2.05, 4.69) is 0 Å². The van der Waals surface area contributed by atoms with Crippen LogP contribution in [0.15, 0.2) is 0 Å². The smallest absolute Gasteiger partial charge is 0.340 e. The molecule has 0 radical (unpaired) electrons. The average molecular weight is 204 g/mol. The highest BCUT2D eigenvalue weighted by atomic mass is 16.6. The third kappa shape index (κ3) is 3.64. The molecule has 0 spiro atoms. The molecule has 0 aliphatic heterocycles. The van der Waals surface area contributed by atoms with E-state index in [0.717, 1.165) is 6.42 Å². The quantitative estimate of drug-likeness (QED) is 0.504. The van der Waals surface area contributed by atoms with Crippen molar-refractivity contribution in [3.05, 3.63) is 0 Å². The molecule has 0 aromatic carbocycles. The Kier molecular flexibility index (Phi) is 5.72. The van der Waals surface area contributed by atoms with Crippen LogP contribution in [0.3, 0.4) is 0 Å². The molecule has 0 heterocycles. The van der Waals surface area contributed by atoms with Gasteiger partial charge in [0.1, 0.15) is 0 Å². The fourth-order valence-electron chi connectivity index (χ4n) is 1.08. The number of esters is 1. The maximum Gasteiger partial charge on any atom is 0.340 e. The highest BCUT2D eigenvalue weighted by Crippen LogP contribution is 2.17. The summed E-state index contributed by atoms with van der Waals surface area (Å²) < 4.78 is 4.70. The summed E-state index contributed by atoms with van der Waals surface area (Å²) in [7, 11) is 0. The Labute approximate surface area is 84.9 Å². The molecule has 0 unspecified atom stereocenters. The van der Waals surface area contributed by atoms with Gasteiger partial charge in [0.15, 0.2) is 5.60 Å². The van der Waals surface area contributed by atoms with Crippen molar-refractivity contribution in [2.24, 2.45) is 0 Å². The molecule has 0 saturated heterocycles. The maximum absolute atomic E-state index is 11.4. The zero-order valence-electron chi connectivity index (χ0n) is 9.12. The maximum atomic E-state index is 11.4. The second-order valence-electron chi connectivity index (χ2n) is 3.39. The molecule has 14 heavy (non-hydrogen) atoms. The summed E-state index contributed by atoms with van der Waals surface area (Å²) in [5.41, 5.74) is -1.45. The van der Waals surface area contributed by atoms with E-state index < -0.39 is 17.9 Å². The van der Waals surface area contributed by atoms with Crippen LogP contribution in [0.5, 0.6) is 0 Å². The molecule has 4 heteroatoms. The number of carbonyl (C=O) groups excluding carboxylic acids is 1. The van der Waals surface area contributed by atoms with Crippen LogP contribution in [0, 0.1) is 0 Å². The monoisotopic (exact) mass is 204 g/mol. The molecule has 0 rings (SSSR count). The largest absolute Gasteiger partial charge is 0.434 e. The standard InChI is InChI=1S/C10H20O4/c1-4-7-8(11)14-9(12)10(13,5-2)6-3/h8,11,13H,4-7H2,1-3H3/t8-/m1/s1. The fourth-order valence-corrected chi connectivity index (χ4v) is 1.08. The number of rotatable bonds is 6. The minimum absolute atomic E-state index is 0.293. The van der Waals surface area contributed by atoms with E-state index in [1.165, 1.54) is 0 Å². The van der Waals surface area contributed by atoms with Crippen LogP contribution >= 0.6 is 0 Å². The predicted molar refractivity (Wildman–Crippen MR) is 52.5 cm³/mol. The van der Waals surface area contributed by atoms with E-state index in [-0.39, 0.29) is 0 Å². The van der Waals surface area contributed by atoms with Crippen molar-refractivity contribution in [2.45, 2.75) is 58.3 Å². The van der Waals surface area contributed by atoms with E-state index >= 15 is 0 Å². The van der Waals surface area contributed by atoms with Crippen LogP contribution in [-0.2, 0) is 9.53 Å². The van der Waals surface area contributed by atoms with Crippen molar-refractivity contribution >= 4 is 5.97 Å². The molecule has 0 aliphatic rings. The normalized spacial score (nSPS) is 13.8. The van der Waals surface area contributed by atoms with Gasteiger partial charge in [0.2, 0.25) is 6.29 Å². The van der Waals surface area contributed by atoms with Crippen LogP contribution in [0.25, 0.3) is 0 Å². The molecule has 1 atom stereocenters. The van der Waals surface area contributed by atoms with Gasteiger partial charge in [0.05, 0.1) is 0 Å². The summed E-state index contributed by atoms with van der Waals surface area (Å²) in [5, 5.41) is 18.9. The van der Waals surface area contributed by atoms with Crippen molar-refractivity contribution in [3.8, 4) is 0 Å². The van der Waals surface area contributed by atoms with Crippen molar-refractivity contribution in [3.63, 3.8) is 0 Å². The second-order valence-corrected chi connectivity index (χ2v) is 3.39.